The minimum atomic E-state index is -0.447. The molecule has 3 heteroatoms. The fourth-order valence-corrected chi connectivity index (χ4v) is 2.70. The molecule has 2 aromatic carbocycles. The van der Waals surface area contributed by atoms with Gasteiger partial charge in [-0.05, 0) is 22.6 Å². The number of hydrogen-bond donors (Lipinski definition) is 1. The molecule has 1 aliphatic rings. The van der Waals surface area contributed by atoms with Gasteiger partial charge in [0.1, 0.15) is 0 Å². The summed E-state index contributed by atoms with van der Waals surface area (Å²) in [6.07, 6.45) is 0. The minimum Gasteiger partial charge on any atom is -0.504 e. The number of carbonyl (C=O) groups is 1. The van der Waals surface area contributed by atoms with E-state index < -0.39 is 11.5 Å². The van der Waals surface area contributed by atoms with Gasteiger partial charge in [0.25, 0.3) is 0 Å². The third-order valence-electron chi connectivity index (χ3n) is 3.75. The van der Waals surface area contributed by atoms with Gasteiger partial charge in [-0.1, -0.05) is 45.0 Å². The summed E-state index contributed by atoms with van der Waals surface area (Å²) >= 11 is 0. The van der Waals surface area contributed by atoms with E-state index in [0.717, 1.165) is 5.56 Å². The number of hydrogen-bond acceptors (Lipinski definition) is 2. The SMILES string of the molecule is CC(C)(C)c1cc2c(c(O)c1[O])C(=O)c1ccccc1-2. The van der Waals surface area contributed by atoms with Crippen molar-refractivity contribution in [2.24, 2.45) is 0 Å². The van der Waals surface area contributed by atoms with Gasteiger partial charge in [0.05, 0.1) is 5.56 Å². The van der Waals surface area contributed by atoms with Crippen molar-refractivity contribution in [3.8, 4) is 22.6 Å². The maximum absolute atomic E-state index is 12.3. The van der Waals surface area contributed by atoms with Crippen molar-refractivity contribution < 1.29 is 15.0 Å². The van der Waals surface area contributed by atoms with Crippen LogP contribution in [-0.2, 0) is 10.5 Å². The molecule has 3 nitrogen and oxygen atoms in total. The Morgan fingerprint density at radius 2 is 1.60 bits per heavy atom. The highest BCUT2D eigenvalue weighted by molar-refractivity contribution is 6.23. The van der Waals surface area contributed by atoms with Crippen molar-refractivity contribution in [3.05, 3.63) is 47.0 Å². The summed E-state index contributed by atoms with van der Waals surface area (Å²) in [6, 6.07) is 8.94. The Bertz CT molecular complexity index is 737. The second-order valence-electron chi connectivity index (χ2n) is 6.15. The first kappa shape index (κ1) is 12.7. The van der Waals surface area contributed by atoms with Crippen molar-refractivity contribution in [1.82, 2.24) is 0 Å². The third-order valence-corrected chi connectivity index (χ3v) is 3.75. The lowest BCUT2D eigenvalue weighted by Gasteiger charge is -2.21. The molecule has 0 amide bonds. The van der Waals surface area contributed by atoms with Gasteiger partial charge in [-0.3, -0.25) is 9.90 Å². The average molecular weight is 267 g/mol. The largest absolute Gasteiger partial charge is 0.504 e. The van der Waals surface area contributed by atoms with E-state index in [0.29, 0.717) is 16.7 Å². The summed E-state index contributed by atoms with van der Waals surface area (Å²) in [5.41, 5.74) is 2.27. The molecule has 1 N–H and O–H groups in total. The molecule has 3 rings (SSSR count). The highest BCUT2D eigenvalue weighted by atomic mass is 16.3. The molecule has 0 aromatic heterocycles. The Morgan fingerprint density at radius 1 is 1.00 bits per heavy atom. The molecular formula is C17H15O3. The number of aromatic hydroxyl groups is 1. The molecule has 0 heterocycles. The van der Waals surface area contributed by atoms with Crippen LogP contribution in [0.25, 0.3) is 11.1 Å². The normalized spacial score (nSPS) is 13.2. The molecule has 1 aliphatic carbocycles. The number of ketones is 1. The van der Waals surface area contributed by atoms with Crippen LogP contribution in [0.2, 0.25) is 0 Å². The summed E-state index contributed by atoms with van der Waals surface area (Å²) < 4.78 is 0. The van der Waals surface area contributed by atoms with Crippen LogP contribution < -0.4 is 0 Å². The van der Waals surface area contributed by atoms with Crippen molar-refractivity contribution in [3.63, 3.8) is 0 Å². The molecule has 0 saturated heterocycles. The van der Waals surface area contributed by atoms with Crippen molar-refractivity contribution in [1.29, 1.82) is 0 Å². The molecule has 2 aromatic rings. The Balaban J connectivity index is 2.39. The van der Waals surface area contributed by atoms with Crippen LogP contribution in [0.4, 0.5) is 0 Å². The quantitative estimate of drug-likeness (QED) is 0.668. The molecule has 0 fully saturated rings. The van der Waals surface area contributed by atoms with Crippen molar-refractivity contribution >= 4 is 5.78 Å². The van der Waals surface area contributed by atoms with E-state index in [2.05, 4.69) is 0 Å². The van der Waals surface area contributed by atoms with Gasteiger partial charge in [0.15, 0.2) is 11.5 Å². The van der Waals surface area contributed by atoms with Gasteiger partial charge in [-0.2, -0.15) is 0 Å². The molecular weight excluding hydrogens is 252 g/mol. The van der Waals surface area contributed by atoms with Crippen LogP contribution in [0, 0.1) is 0 Å². The van der Waals surface area contributed by atoms with Crippen LogP contribution in [0.15, 0.2) is 30.3 Å². The molecule has 101 valence electrons. The molecule has 0 unspecified atom stereocenters. The molecule has 0 atom stereocenters. The molecule has 1 radical (unpaired) electrons. The number of benzene rings is 2. The highest BCUT2D eigenvalue weighted by Gasteiger charge is 2.34. The summed E-state index contributed by atoms with van der Waals surface area (Å²) in [6.45, 7) is 5.74. The number of phenolic OH excluding ortho intramolecular Hbond substituents is 1. The Kier molecular flexibility index (Phi) is 2.45. The third kappa shape index (κ3) is 1.56. The first-order chi connectivity index (χ1) is 9.32. The second-order valence-corrected chi connectivity index (χ2v) is 6.15. The summed E-state index contributed by atoms with van der Waals surface area (Å²) in [7, 11) is 0. The summed E-state index contributed by atoms with van der Waals surface area (Å²) in [4.78, 5) is 12.3. The zero-order chi connectivity index (χ0) is 14.7. The van der Waals surface area contributed by atoms with Crippen LogP contribution in [-0.4, -0.2) is 10.9 Å². The maximum atomic E-state index is 12.3. The topological polar surface area (TPSA) is 57.2 Å². The number of fused-ring (bicyclic) bond motifs is 3. The van der Waals surface area contributed by atoms with Gasteiger partial charge in [-0.15, -0.1) is 0 Å². The van der Waals surface area contributed by atoms with Gasteiger partial charge >= 0.3 is 0 Å². The molecule has 0 spiro atoms. The smallest absolute Gasteiger partial charge is 0.224 e. The zero-order valence-corrected chi connectivity index (χ0v) is 11.7. The van der Waals surface area contributed by atoms with Crippen LogP contribution >= 0.6 is 0 Å². The first-order valence-electron chi connectivity index (χ1n) is 6.54. The van der Waals surface area contributed by atoms with Gasteiger partial charge < -0.3 is 5.11 Å². The predicted octanol–water partition coefficient (Wildman–Crippen LogP) is 4.04. The maximum Gasteiger partial charge on any atom is 0.224 e. The van der Waals surface area contributed by atoms with Gasteiger partial charge in [0, 0.05) is 11.1 Å². The monoisotopic (exact) mass is 267 g/mol. The van der Waals surface area contributed by atoms with E-state index in [1.807, 2.05) is 32.9 Å². The van der Waals surface area contributed by atoms with Crippen molar-refractivity contribution in [2.75, 3.05) is 0 Å². The number of phenols is 1. The first-order valence-corrected chi connectivity index (χ1v) is 6.54. The van der Waals surface area contributed by atoms with E-state index >= 15 is 0 Å². The fourth-order valence-electron chi connectivity index (χ4n) is 2.70. The zero-order valence-electron chi connectivity index (χ0n) is 11.7. The molecule has 20 heavy (non-hydrogen) atoms. The van der Waals surface area contributed by atoms with Gasteiger partial charge in [0.2, 0.25) is 5.75 Å². The average Bonchev–Trinajstić information content (AvgIpc) is 2.67. The Labute approximate surface area is 117 Å². The van der Waals surface area contributed by atoms with E-state index in [1.165, 1.54) is 0 Å². The summed E-state index contributed by atoms with van der Waals surface area (Å²) in [5, 5.41) is 22.4. The Morgan fingerprint density at radius 3 is 2.20 bits per heavy atom. The van der Waals surface area contributed by atoms with Crippen LogP contribution in [0.5, 0.6) is 11.5 Å². The number of carbonyl (C=O) groups excluding carboxylic acids is 1. The minimum absolute atomic E-state index is 0.143. The highest BCUT2D eigenvalue weighted by Crippen LogP contribution is 2.49. The molecule has 0 aliphatic heterocycles. The van der Waals surface area contributed by atoms with Gasteiger partial charge in [-0.25, -0.2) is 0 Å². The lowest BCUT2D eigenvalue weighted by atomic mass is 9.83. The Hall–Kier alpha value is -2.29. The lowest BCUT2D eigenvalue weighted by molar-refractivity contribution is 0.104. The number of rotatable bonds is 0. The molecule has 0 bridgehead atoms. The second kappa shape index (κ2) is 3.85. The van der Waals surface area contributed by atoms with E-state index in [4.69, 9.17) is 0 Å². The fraction of sp³-hybridized carbons (Fsp3) is 0.235. The predicted molar refractivity (Wildman–Crippen MR) is 75.8 cm³/mol. The summed E-state index contributed by atoms with van der Waals surface area (Å²) in [5.74, 6) is -1.14. The van der Waals surface area contributed by atoms with E-state index in [9.17, 15) is 15.0 Å². The lowest BCUT2D eigenvalue weighted by Crippen LogP contribution is -2.12. The molecule has 0 saturated carbocycles. The van der Waals surface area contributed by atoms with Crippen LogP contribution in [0.3, 0.4) is 0 Å². The standard InChI is InChI=1S/C17H15O3/c1-17(2,3)12-8-11-9-6-4-5-7-10(9)14(18)13(11)16(20)15(12)19/h4-8,20H,1-3H3. The van der Waals surface area contributed by atoms with E-state index in [1.54, 1.807) is 18.2 Å². The van der Waals surface area contributed by atoms with E-state index in [-0.39, 0.29) is 16.8 Å². The van der Waals surface area contributed by atoms with Crippen molar-refractivity contribution in [2.45, 2.75) is 26.2 Å². The van der Waals surface area contributed by atoms with Crippen LogP contribution in [0.1, 0.15) is 42.3 Å².